The number of nitrogens with zero attached hydrogens (tertiary/aromatic N) is 3. The quantitative estimate of drug-likeness (QED) is 0.188. The summed E-state index contributed by atoms with van der Waals surface area (Å²) >= 11 is 6.14. The van der Waals surface area contributed by atoms with Crippen LogP contribution in [0.1, 0.15) is 17.2 Å². The van der Waals surface area contributed by atoms with Gasteiger partial charge in [0.15, 0.2) is 0 Å². The molecule has 9 nitrogen and oxygen atoms in total. The van der Waals surface area contributed by atoms with Gasteiger partial charge in [0.25, 0.3) is 5.56 Å². The Kier molecular flexibility index (Phi) is 7.68. The number of nitrogens with one attached hydrogen (secondary N) is 3. The number of aliphatic hydroxyl groups is 2. The second-order valence-electron chi connectivity index (χ2n) is 10.5. The van der Waals surface area contributed by atoms with Crippen LogP contribution in [0.5, 0.6) is 0 Å². The number of hydrogen-bond acceptors (Lipinski definition) is 7. The lowest BCUT2D eigenvalue weighted by Crippen LogP contribution is -2.47. The molecule has 5 N–H and O–H groups in total. The van der Waals surface area contributed by atoms with E-state index in [-0.39, 0.29) is 18.7 Å². The number of imidazole rings is 1. The Morgan fingerprint density at radius 1 is 1.02 bits per heavy atom. The summed E-state index contributed by atoms with van der Waals surface area (Å²) in [6.07, 6.45) is -0.835. The number of para-hydroxylation sites is 1. The van der Waals surface area contributed by atoms with E-state index in [0.29, 0.717) is 39.7 Å². The molecular formula is C31H33ClN6O3. The van der Waals surface area contributed by atoms with E-state index in [1.54, 1.807) is 18.2 Å². The largest absolute Gasteiger partial charge is 0.395 e. The number of H-pyrrole nitrogens is 2. The molecule has 0 saturated carbocycles. The first-order valence-electron chi connectivity index (χ1n) is 13.8. The molecule has 1 aliphatic heterocycles. The minimum absolute atomic E-state index is 0.173. The molecule has 1 fully saturated rings. The summed E-state index contributed by atoms with van der Waals surface area (Å²) in [5.74, 6) is 0.458. The van der Waals surface area contributed by atoms with Gasteiger partial charge in [-0.25, -0.2) is 4.98 Å². The Hall–Kier alpha value is -3.89. The maximum absolute atomic E-state index is 13.5. The number of rotatable bonds is 8. The molecule has 0 aliphatic carbocycles. The van der Waals surface area contributed by atoms with Crippen LogP contribution < -0.4 is 15.8 Å². The summed E-state index contributed by atoms with van der Waals surface area (Å²) in [6, 6.07) is 18.9. The highest BCUT2D eigenvalue weighted by Gasteiger charge is 2.22. The number of aryl methyl sites for hydroxylation is 1. The normalized spacial score (nSPS) is 15.1. The zero-order chi connectivity index (χ0) is 28.5. The van der Waals surface area contributed by atoms with Gasteiger partial charge in [0.05, 0.1) is 34.9 Å². The van der Waals surface area contributed by atoms with Gasteiger partial charge < -0.3 is 30.4 Å². The Morgan fingerprint density at radius 3 is 2.61 bits per heavy atom. The van der Waals surface area contributed by atoms with Gasteiger partial charge in [0, 0.05) is 55.4 Å². The summed E-state index contributed by atoms with van der Waals surface area (Å²) in [6.45, 7) is 6.62. The van der Waals surface area contributed by atoms with Crippen molar-refractivity contribution in [3.05, 3.63) is 87.2 Å². The van der Waals surface area contributed by atoms with Crippen LogP contribution in [-0.2, 0) is 0 Å². The lowest BCUT2D eigenvalue weighted by atomic mass is 10.1. The van der Waals surface area contributed by atoms with Crippen LogP contribution in [0, 0.1) is 6.92 Å². The van der Waals surface area contributed by atoms with Gasteiger partial charge in [-0.3, -0.25) is 9.69 Å². The Bertz CT molecular complexity index is 1760. The first-order chi connectivity index (χ1) is 19.9. The van der Waals surface area contributed by atoms with Crippen LogP contribution >= 0.6 is 11.6 Å². The van der Waals surface area contributed by atoms with Crippen molar-refractivity contribution in [3.63, 3.8) is 0 Å². The summed E-state index contributed by atoms with van der Waals surface area (Å²) in [4.78, 5) is 29.4. The molecule has 2 aromatic heterocycles. The number of pyridine rings is 1. The Balaban J connectivity index is 1.37. The maximum atomic E-state index is 13.5. The topological polar surface area (TPSA) is 121 Å². The Morgan fingerprint density at radius 2 is 1.83 bits per heavy atom. The van der Waals surface area contributed by atoms with Crippen molar-refractivity contribution < 1.29 is 10.2 Å². The summed E-state index contributed by atoms with van der Waals surface area (Å²) < 4.78 is 0. The number of β-amino-alcohol motifs (C(OH)–C–C–N with tert-alkyl or cyclic N) is 1. The van der Waals surface area contributed by atoms with E-state index in [9.17, 15) is 15.0 Å². The van der Waals surface area contributed by atoms with Crippen molar-refractivity contribution >= 4 is 44.9 Å². The third kappa shape index (κ3) is 5.54. The average Bonchev–Trinajstić information content (AvgIpc) is 3.40. The van der Waals surface area contributed by atoms with Crippen molar-refractivity contribution in [1.29, 1.82) is 0 Å². The van der Waals surface area contributed by atoms with Crippen LogP contribution in [0.15, 0.2) is 65.5 Å². The fraction of sp³-hybridized carbons (Fsp3) is 0.290. The molecule has 3 heterocycles. The molecule has 1 saturated heterocycles. The van der Waals surface area contributed by atoms with Crippen molar-refractivity contribution in [2.24, 2.45) is 0 Å². The second-order valence-corrected chi connectivity index (χ2v) is 10.9. The van der Waals surface area contributed by atoms with E-state index in [1.807, 2.05) is 37.3 Å². The number of anilines is 2. The minimum atomic E-state index is -0.835. The molecule has 212 valence electrons. The van der Waals surface area contributed by atoms with Crippen molar-refractivity contribution in [2.75, 3.05) is 56.1 Å². The third-order valence-electron chi connectivity index (χ3n) is 7.78. The first kappa shape index (κ1) is 27.3. The molecule has 0 radical (unpaired) electrons. The van der Waals surface area contributed by atoms with Crippen LogP contribution in [0.4, 0.5) is 11.4 Å². The number of fused-ring (bicyclic) bond motifs is 2. The van der Waals surface area contributed by atoms with Gasteiger partial charge in [-0.15, -0.1) is 0 Å². The van der Waals surface area contributed by atoms with Gasteiger partial charge >= 0.3 is 0 Å². The SMILES string of the molecule is Cc1cc(N2CCN(CCO)CC2)cc2[nH]c(-c3c(NCC(O)c4cccc(Cl)c4)c4ccccc4[nH]c3=O)nc12. The lowest BCUT2D eigenvalue weighted by Gasteiger charge is -2.35. The van der Waals surface area contributed by atoms with E-state index in [4.69, 9.17) is 16.6 Å². The van der Waals surface area contributed by atoms with E-state index in [2.05, 4.69) is 37.2 Å². The lowest BCUT2D eigenvalue weighted by molar-refractivity contribution is 0.189. The number of aromatic nitrogens is 3. The van der Waals surface area contributed by atoms with E-state index >= 15 is 0 Å². The zero-order valence-electron chi connectivity index (χ0n) is 22.8. The number of hydrogen-bond donors (Lipinski definition) is 5. The summed E-state index contributed by atoms with van der Waals surface area (Å²) in [7, 11) is 0. The van der Waals surface area contributed by atoms with Gasteiger partial charge in [-0.1, -0.05) is 41.9 Å². The molecule has 0 bridgehead atoms. The van der Waals surface area contributed by atoms with Crippen LogP contribution in [-0.4, -0.2) is 75.9 Å². The summed E-state index contributed by atoms with van der Waals surface area (Å²) in [5, 5.41) is 24.9. The number of piperazine rings is 1. The Labute approximate surface area is 242 Å². The number of aliphatic hydroxyl groups excluding tert-OH is 2. The molecule has 3 aromatic carbocycles. The standard InChI is InChI=1S/C31H33ClN6O3/c1-19-15-22(38-11-9-37(10-12-38)13-14-39)17-25-28(19)36-30(34-25)27-29(23-7-2-3-8-24(23)35-31(27)41)33-18-26(40)20-5-4-6-21(32)16-20/h2-8,15-17,26,39-40H,9-14,18H2,1H3,(H,34,36)(H2,33,35,41). The smallest absolute Gasteiger partial charge is 0.261 e. The van der Waals surface area contributed by atoms with Crippen molar-refractivity contribution in [2.45, 2.75) is 13.0 Å². The zero-order valence-corrected chi connectivity index (χ0v) is 23.6. The average molecular weight is 573 g/mol. The predicted octanol–water partition coefficient (Wildman–Crippen LogP) is 4.29. The molecular weight excluding hydrogens is 540 g/mol. The fourth-order valence-corrected chi connectivity index (χ4v) is 5.83. The van der Waals surface area contributed by atoms with E-state index in [0.717, 1.165) is 53.8 Å². The van der Waals surface area contributed by atoms with Gasteiger partial charge in [-0.2, -0.15) is 0 Å². The minimum Gasteiger partial charge on any atom is -0.395 e. The molecule has 10 heteroatoms. The van der Waals surface area contributed by atoms with Crippen LogP contribution in [0.2, 0.25) is 5.02 Å². The number of aromatic amines is 2. The molecule has 0 amide bonds. The highest BCUT2D eigenvalue weighted by Crippen LogP contribution is 2.33. The molecule has 1 atom stereocenters. The predicted molar refractivity (Wildman–Crippen MR) is 165 cm³/mol. The maximum Gasteiger partial charge on any atom is 0.261 e. The fourth-order valence-electron chi connectivity index (χ4n) is 5.63. The van der Waals surface area contributed by atoms with Crippen molar-refractivity contribution in [1.82, 2.24) is 19.9 Å². The van der Waals surface area contributed by atoms with Crippen molar-refractivity contribution in [3.8, 4) is 11.4 Å². The number of benzene rings is 3. The van der Waals surface area contributed by atoms with Gasteiger partial charge in [-0.05, 0) is 48.4 Å². The third-order valence-corrected chi connectivity index (χ3v) is 8.01. The molecule has 41 heavy (non-hydrogen) atoms. The van der Waals surface area contributed by atoms with E-state index < -0.39 is 6.10 Å². The highest BCUT2D eigenvalue weighted by atomic mass is 35.5. The first-order valence-corrected chi connectivity index (χ1v) is 14.2. The van der Waals surface area contributed by atoms with Gasteiger partial charge in [0.1, 0.15) is 11.4 Å². The number of halogens is 1. The molecule has 6 rings (SSSR count). The monoisotopic (exact) mass is 572 g/mol. The van der Waals surface area contributed by atoms with E-state index in [1.165, 1.54) is 0 Å². The van der Waals surface area contributed by atoms with Crippen LogP contribution in [0.25, 0.3) is 33.3 Å². The second kappa shape index (κ2) is 11.5. The van der Waals surface area contributed by atoms with Crippen LogP contribution in [0.3, 0.4) is 0 Å². The highest BCUT2D eigenvalue weighted by molar-refractivity contribution is 6.30. The summed E-state index contributed by atoms with van der Waals surface area (Å²) in [5.41, 5.74) is 5.86. The molecule has 1 aliphatic rings. The van der Waals surface area contributed by atoms with Gasteiger partial charge in [0.2, 0.25) is 0 Å². The molecule has 1 unspecified atom stereocenters. The molecule has 5 aromatic rings. The molecule has 0 spiro atoms.